The van der Waals surface area contributed by atoms with Crippen LogP contribution in [0.15, 0.2) is 80.6 Å². The summed E-state index contributed by atoms with van der Waals surface area (Å²) in [6.07, 6.45) is 13.6. The van der Waals surface area contributed by atoms with E-state index >= 15 is 0 Å². The Kier molecular flexibility index (Phi) is 17.7. The average Bonchev–Trinajstić information content (AvgIpc) is 3.97. The second kappa shape index (κ2) is 25.3. The van der Waals surface area contributed by atoms with Crippen molar-refractivity contribution in [3.8, 4) is 23.0 Å². The summed E-state index contributed by atoms with van der Waals surface area (Å²) in [7, 11) is 2.43. The molecule has 6 N–H and O–H groups in total. The average molecular weight is 1130 g/mol. The molecule has 0 spiro atoms. The summed E-state index contributed by atoms with van der Waals surface area (Å²) in [5.41, 5.74) is 3.16. The zero-order valence-corrected chi connectivity index (χ0v) is 42.7. The molecule has 34 nitrogen and oxygen atoms in total. The molecule has 34 heteroatoms. The second-order valence-electron chi connectivity index (χ2n) is 16.1. The van der Waals surface area contributed by atoms with Gasteiger partial charge in [-0.1, -0.05) is 0 Å². The van der Waals surface area contributed by atoms with Crippen LogP contribution in [0.1, 0.15) is 100 Å². The number of aromatic carboxylic acids is 2. The summed E-state index contributed by atoms with van der Waals surface area (Å²) in [6, 6.07) is 5.20. The van der Waals surface area contributed by atoms with E-state index in [2.05, 4.69) is 99.4 Å². The van der Waals surface area contributed by atoms with Crippen LogP contribution >= 0.6 is 0 Å². The fourth-order valence-corrected chi connectivity index (χ4v) is 6.71. The first-order valence-corrected chi connectivity index (χ1v) is 22.6. The zero-order valence-electron chi connectivity index (χ0n) is 42.7. The predicted octanol–water partition coefficient (Wildman–Crippen LogP) is 2.39. The fourth-order valence-electron chi connectivity index (χ4n) is 6.71. The van der Waals surface area contributed by atoms with Crippen LogP contribution < -0.4 is 0 Å². The van der Waals surface area contributed by atoms with Crippen molar-refractivity contribution in [2.24, 2.45) is 0 Å². The van der Waals surface area contributed by atoms with Crippen molar-refractivity contribution in [1.82, 2.24) is 80.4 Å². The van der Waals surface area contributed by atoms with Crippen LogP contribution in [0.25, 0.3) is 43.9 Å². The molecule has 2 aliphatic heterocycles. The van der Waals surface area contributed by atoms with E-state index in [1.807, 2.05) is 19.9 Å². The molecule has 0 unspecified atom stereocenters. The largest absolute Gasteiger partial charge is 0.504 e. The Hall–Kier alpha value is -12.5. The van der Waals surface area contributed by atoms with Gasteiger partial charge in [0.2, 0.25) is 5.69 Å². The highest BCUT2D eigenvalue weighted by molar-refractivity contribution is 6.14. The number of methoxy groups -OCH3 is 2. The summed E-state index contributed by atoms with van der Waals surface area (Å²) in [5.74, 6) is -8.35. The molecule has 10 aromatic heterocycles. The number of hydrogen-bond donors (Lipinski definition) is 6. The third-order valence-electron chi connectivity index (χ3n) is 10.5. The molecule has 0 bridgehead atoms. The zero-order chi connectivity index (χ0) is 60.2. The molecule has 0 amide bonds. The van der Waals surface area contributed by atoms with Crippen LogP contribution in [-0.4, -0.2) is 173 Å². The SMILES string of the molecule is COC(=O)c1ncc2cc(C)cnc2c1O.COC(=O)c1ncc2ncnnc2c1O.Cc1cnc2c(O)c(C(=O)O)ncc2c1.Cc1cnc2c(c1)C(=O)OC2=O.O=C(O)c1ncc2ncnnc2c1O.O=C1OC(=O)c2nncnc21. The van der Waals surface area contributed by atoms with Crippen molar-refractivity contribution in [3.63, 3.8) is 0 Å². The second-order valence-corrected chi connectivity index (χ2v) is 16.1. The van der Waals surface area contributed by atoms with E-state index in [0.29, 0.717) is 27.3 Å². The third-order valence-corrected chi connectivity index (χ3v) is 10.5. The highest BCUT2D eigenvalue weighted by Crippen LogP contribution is 2.28. The molecular formula is C49H34N16O18. The number of aryl methyl sites for hydroxylation is 3. The van der Waals surface area contributed by atoms with Gasteiger partial charge in [0.15, 0.2) is 68.2 Å². The number of carbonyl (C=O) groups excluding carboxylic acids is 6. The Morgan fingerprint density at radius 2 is 0.795 bits per heavy atom. The molecule has 12 heterocycles. The van der Waals surface area contributed by atoms with E-state index in [1.54, 1.807) is 31.5 Å². The topological polar surface area (TPSA) is 501 Å². The van der Waals surface area contributed by atoms with Gasteiger partial charge in [-0.25, -0.2) is 78.2 Å². The molecule has 0 aliphatic carbocycles. The minimum absolute atomic E-state index is 0.0277. The van der Waals surface area contributed by atoms with Crippen LogP contribution in [0, 0.1) is 20.8 Å². The van der Waals surface area contributed by atoms with Crippen molar-refractivity contribution in [3.05, 3.63) is 143 Å². The van der Waals surface area contributed by atoms with Gasteiger partial charge >= 0.3 is 47.8 Å². The number of ether oxygens (including phenoxy) is 4. The number of fused-ring (bicyclic) bond motifs is 6. The van der Waals surface area contributed by atoms with Gasteiger partial charge in [-0.2, -0.15) is 0 Å². The van der Waals surface area contributed by atoms with Gasteiger partial charge in [-0.05, 0) is 55.7 Å². The molecule has 418 valence electrons. The standard InChI is InChI=1S/C11H10N2O3.C10H8N2O3.C8H6N4O3.C8H5NO3.C7H4N4O3.C5HN3O3/c1-6-3-7-5-13-9(11(15)16-2)10(14)8(7)12-4-6;1-5-2-6-4-12-8(10(14)15)9(13)7(6)11-3-5;1-15-8(14)6-7(13)5-4(2-9-6)10-3-11-12-5;1-4-2-5-6(9-3-4)8(11)12-7(5)10;12-6-4-3(9-2-10-11-4)1-8-5(6)7(13)14;9-4-2-3(5(10)11-4)8-7-1-6-2/h3-5,14H,1-2H3;2-4,13H,1H3,(H,14,15);2-3,13H,1H3;2-3H,1H3;1-2,12H,(H,13,14);1H. The molecule has 10 aromatic rings. The minimum atomic E-state index is -1.32. The maximum atomic E-state index is 11.3. The lowest BCUT2D eigenvalue weighted by Gasteiger charge is -2.04. The van der Waals surface area contributed by atoms with E-state index in [9.17, 15) is 58.8 Å². The number of cyclic esters (lactones) is 4. The molecule has 83 heavy (non-hydrogen) atoms. The number of nitrogens with zero attached hydrogens (tertiary/aromatic N) is 16. The van der Waals surface area contributed by atoms with Crippen molar-refractivity contribution < 1.29 is 87.9 Å². The summed E-state index contributed by atoms with van der Waals surface area (Å²) < 4.78 is 17.5. The highest BCUT2D eigenvalue weighted by Gasteiger charge is 2.33. The Bertz CT molecular complexity index is 4250. The van der Waals surface area contributed by atoms with Gasteiger partial charge in [0, 0.05) is 41.8 Å². The normalized spacial score (nSPS) is 11.5. The minimum Gasteiger partial charge on any atom is -0.504 e. The molecule has 12 rings (SSSR count). The van der Waals surface area contributed by atoms with Crippen molar-refractivity contribution in [2.45, 2.75) is 20.8 Å². The molecule has 0 atom stereocenters. The van der Waals surface area contributed by atoms with Crippen LogP contribution in [0.3, 0.4) is 0 Å². The van der Waals surface area contributed by atoms with E-state index in [1.165, 1.54) is 57.9 Å². The highest BCUT2D eigenvalue weighted by atomic mass is 16.6. The number of rotatable bonds is 4. The maximum absolute atomic E-state index is 11.3. The number of carbonyl (C=O) groups is 8. The smallest absolute Gasteiger partial charge is 0.369 e. The predicted molar refractivity (Wildman–Crippen MR) is 270 cm³/mol. The number of carboxylic acids is 2. The van der Waals surface area contributed by atoms with Crippen LogP contribution in [0.2, 0.25) is 0 Å². The van der Waals surface area contributed by atoms with E-state index in [0.717, 1.165) is 23.0 Å². The van der Waals surface area contributed by atoms with Crippen molar-refractivity contribution in [2.75, 3.05) is 14.2 Å². The Labute approximate surface area is 459 Å². The number of aromatic hydroxyl groups is 4. The van der Waals surface area contributed by atoms with Gasteiger partial charge in [0.1, 0.15) is 41.0 Å². The van der Waals surface area contributed by atoms with Gasteiger partial charge in [0.25, 0.3) is 0 Å². The van der Waals surface area contributed by atoms with Crippen molar-refractivity contribution in [1.29, 1.82) is 0 Å². The molecule has 2 aliphatic rings. The lowest BCUT2D eigenvalue weighted by molar-refractivity contribution is 0.0422. The number of esters is 6. The monoisotopic (exact) mass is 1130 g/mol. The van der Waals surface area contributed by atoms with Gasteiger partial charge in [-0.15, -0.1) is 30.6 Å². The first-order chi connectivity index (χ1) is 39.6. The van der Waals surface area contributed by atoms with Crippen LogP contribution in [0.4, 0.5) is 0 Å². The van der Waals surface area contributed by atoms with Crippen LogP contribution in [-0.2, 0) is 18.9 Å². The third kappa shape index (κ3) is 13.1. The summed E-state index contributed by atoms with van der Waals surface area (Å²) in [4.78, 5) is 125. The quantitative estimate of drug-likeness (QED) is 0.0837. The molecular weight excluding hydrogens is 1100 g/mol. The summed E-state index contributed by atoms with van der Waals surface area (Å²) >= 11 is 0. The maximum Gasteiger partial charge on any atom is 0.369 e. The fraction of sp³-hybridized carbons (Fsp3) is 0.102. The number of pyridine rings is 7. The Morgan fingerprint density at radius 3 is 1.30 bits per heavy atom. The van der Waals surface area contributed by atoms with Gasteiger partial charge in [-0.3, -0.25) is 9.97 Å². The first kappa shape index (κ1) is 58.2. The lowest BCUT2D eigenvalue weighted by atomic mass is 10.2. The Morgan fingerprint density at radius 1 is 0.410 bits per heavy atom. The van der Waals surface area contributed by atoms with Gasteiger partial charge < -0.3 is 49.6 Å². The molecule has 0 saturated heterocycles. The number of aromatic nitrogens is 16. The first-order valence-electron chi connectivity index (χ1n) is 22.6. The van der Waals surface area contributed by atoms with E-state index < -0.39 is 59.2 Å². The van der Waals surface area contributed by atoms with E-state index in [-0.39, 0.29) is 73.5 Å². The summed E-state index contributed by atoms with van der Waals surface area (Å²) in [5, 5.41) is 78.0. The van der Waals surface area contributed by atoms with Crippen molar-refractivity contribution >= 4 is 91.6 Å². The molecule has 0 saturated carbocycles. The molecule has 0 aromatic carbocycles. The molecule has 0 radical (unpaired) electrons. The lowest BCUT2D eigenvalue weighted by Crippen LogP contribution is -2.05. The number of carboxylic acid groups (broad SMARTS) is 2. The number of hydrogen-bond acceptors (Lipinski definition) is 32. The Balaban J connectivity index is 0.000000144. The van der Waals surface area contributed by atoms with Gasteiger partial charge in [0.05, 0.1) is 32.2 Å². The molecule has 0 fully saturated rings. The van der Waals surface area contributed by atoms with E-state index in [4.69, 9.17) is 10.2 Å². The van der Waals surface area contributed by atoms with Crippen LogP contribution in [0.5, 0.6) is 23.0 Å². The summed E-state index contributed by atoms with van der Waals surface area (Å²) in [6.45, 7) is 5.54.